The molecule has 2 N–H and O–H groups in total. The van der Waals surface area contributed by atoms with E-state index in [0.29, 0.717) is 29.4 Å². The highest BCUT2D eigenvalue weighted by molar-refractivity contribution is 6.07. The first-order valence-corrected chi connectivity index (χ1v) is 7.10. The van der Waals surface area contributed by atoms with Crippen molar-refractivity contribution in [3.63, 3.8) is 0 Å². The second-order valence-corrected chi connectivity index (χ2v) is 6.03. The summed E-state index contributed by atoms with van der Waals surface area (Å²) in [6.45, 7) is 2.09. The number of carbonyl (C=O) groups excluding carboxylic acids is 1. The number of carbonyl (C=O) groups is 2. The Morgan fingerprint density at radius 3 is 2.78 bits per heavy atom. The van der Waals surface area contributed by atoms with Crippen molar-refractivity contribution in [2.24, 2.45) is 5.41 Å². The maximum atomic E-state index is 12.7. The highest BCUT2D eigenvalue weighted by Gasteiger charge is 2.42. The molecule has 120 valence electrons. The Morgan fingerprint density at radius 2 is 2.17 bits per heavy atom. The molecule has 0 bridgehead atoms. The van der Waals surface area contributed by atoms with E-state index in [4.69, 9.17) is 0 Å². The quantitative estimate of drug-likeness (QED) is 0.663. The number of likely N-dealkylation sites (tertiary alicyclic amines) is 1. The van der Waals surface area contributed by atoms with Gasteiger partial charge in [-0.05, 0) is 19.4 Å². The number of H-pyrrole nitrogens is 1. The van der Waals surface area contributed by atoms with Gasteiger partial charge in [-0.2, -0.15) is 0 Å². The molecule has 1 fully saturated rings. The summed E-state index contributed by atoms with van der Waals surface area (Å²) >= 11 is 0. The van der Waals surface area contributed by atoms with Crippen LogP contribution in [0.1, 0.15) is 23.7 Å². The monoisotopic (exact) mass is 317 g/mol. The molecular formula is C15H15N3O5. The third-order valence-electron chi connectivity index (χ3n) is 4.38. The molecule has 1 atom stereocenters. The minimum absolute atomic E-state index is 0.0945. The Balaban J connectivity index is 1.94. The Kier molecular flexibility index (Phi) is 3.32. The number of nitrogens with one attached hydrogen (secondary N) is 1. The van der Waals surface area contributed by atoms with Gasteiger partial charge in [-0.25, -0.2) is 0 Å². The molecular weight excluding hydrogens is 302 g/mol. The molecule has 0 saturated carbocycles. The van der Waals surface area contributed by atoms with Gasteiger partial charge >= 0.3 is 5.97 Å². The molecule has 1 saturated heterocycles. The fraction of sp³-hybridized carbons (Fsp3) is 0.333. The van der Waals surface area contributed by atoms with Crippen molar-refractivity contribution >= 4 is 28.5 Å². The summed E-state index contributed by atoms with van der Waals surface area (Å²) < 4.78 is 0. The normalized spacial score (nSPS) is 20.8. The smallest absolute Gasteiger partial charge is 0.311 e. The van der Waals surface area contributed by atoms with Crippen molar-refractivity contribution in [1.29, 1.82) is 0 Å². The van der Waals surface area contributed by atoms with Crippen LogP contribution in [-0.4, -0.2) is 44.9 Å². The van der Waals surface area contributed by atoms with Crippen LogP contribution in [0.4, 0.5) is 5.69 Å². The average Bonchev–Trinajstić information content (AvgIpc) is 3.10. The molecule has 8 heteroatoms. The van der Waals surface area contributed by atoms with Gasteiger partial charge in [-0.15, -0.1) is 0 Å². The minimum Gasteiger partial charge on any atom is -0.481 e. The fourth-order valence-electron chi connectivity index (χ4n) is 2.88. The number of nitro groups is 1. The van der Waals surface area contributed by atoms with Crippen LogP contribution in [0.5, 0.6) is 0 Å². The number of aromatic amines is 1. The number of fused-ring (bicyclic) bond motifs is 1. The molecule has 3 rings (SSSR count). The molecule has 8 nitrogen and oxygen atoms in total. The second kappa shape index (κ2) is 5.08. The third-order valence-corrected chi connectivity index (χ3v) is 4.38. The van der Waals surface area contributed by atoms with Crippen molar-refractivity contribution < 1.29 is 19.6 Å². The van der Waals surface area contributed by atoms with Crippen LogP contribution in [0.15, 0.2) is 24.4 Å². The van der Waals surface area contributed by atoms with Gasteiger partial charge in [-0.3, -0.25) is 19.7 Å². The van der Waals surface area contributed by atoms with Gasteiger partial charge in [0, 0.05) is 42.3 Å². The van der Waals surface area contributed by atoms with E-state index < -0.39 is 16.3 Å². The molecule has 0 spiro atoms. The molecule has 1 aliphatic rings. The zero-order valence-corrected chi connectivity index (χ0v) is 12.4. The minimum atomic E-state index is -0.951. The van der Waals surface area contributed by atoms with Crippen LogP contribution in [-0.2, 0) is 4.79 Å². The molecule has 1 aromatic carbocycles. The van der Waals surface area contributed by atoms with Gasteiger partial charge in [-0.1, -0.05) is 0 Å². The molecule has 1 aromatic heterocycles. The van der Waals surface area contributed by atoms with Crippen LogP contribution in [0.25, 0.3) is 10.9 Å². The summed E-state index contributed by atoms with van der Waals surface area (Å²) in [6.07, 6.45) is 1.89. The number of carboxylic acid groups (broad SMARTS) is 1. The van der Waals surface area contributed by atoms with Gasteiger partial charge in [0.05, 0.1) is 15.9 Å². The van der Waals surface area contributed by atoms with Gasteiger partial charge in [0.15, 0.2) is 0 Å². The average molecular weight is 317 g/mol. The van der Waals surface area contributed by atoms with E-state index in [1.807, 2.05) is 0 Å². The van der Waals surface area contributed by atoms with Crippen LogP contribution in [0.3, 0.4) is 0 Å². The SMILES string of the molecule is CC1(C(=O)O)CCN(C(=O)c2c[nH]c3ccc([N+](=O)[O-])cc23)C1. The van der Waals surface area contributed by atoms with E-state index in [1.165, 1.54) is 23.2 Å². The molecule has 1 aliphatic heterocycles. The van der Waals surface area contributed by atoms with Crippen molar-refractivity contribution in [2.75, 3.05) is 13.1 Å². The second-order valence-electron chi connectivity index (χ2n) is 6.03. The van der Waals surface area contributed by atoms with E-state index >= 15 is 0 Å². The van der Waals surface area contributed by atoms with Crippen LogP contribution in [0.2, 0.25) is 0 Å². The van der Waals surface area contributed by atoms with E-state index in [1.54, 1.807) is 13.0 Å². The number of nitrogens with zero attached hydrogens (tertiary/aromatic N) is 2. The Morgan fingerprint density at radius 1 is 1.43 bits per heavy atom. The summed E-state index contributed by atoms with van der Waals surface area (Å²) in [4.78, 5) is 38.7. The first-order chi connectivity index (χ1) is 10.8. The lowest BCUT2D eigenvalue weighted by Gasteiger charge is -2.19. The number of rotatable bonds is 3. The number of amides is 1. The summed E-state index contributed by atoms with van der Waals surface area (Å²) in [5.41, 5.74) is -0.103. The van der Waals surface area contributed by atoms with Crippen molar-refractivity contribution in [2.45, 2.75) is 13.3 Å². The molecule has 0 aliphatic carbocycles. The zero-order chi connectivity index (χ0) is 16.8. The van der Waals surface area contributed by atoms with Gasteiger partial charge in [0.25, 0.3) is 11.6 Å². The number of hydrogen-bond acceptors (Lipinski definition) is 4. The first kappa shape index (κ1) is 15.0. The molecule has 2 aromatic rings. The predicted molar refractivity (Wildman–Crippen MR) is 81.2 cm³/mol. The van der Waals surface area contributed by atoms with Crippen molar-refractivity contribution in [1.82, 2.24) is 9.88 Å². The van der Waals surface area contributed by atoms with Crippen molar-refractivity contribution in [3.05, 3.63) is 40.1 Å². The van der Waals surface area contributed by atoms with Crippen LogP contribution >= 0.6 is 0 Å². The lowest BCUT2D eigenvalue weighted by atomic mass is 9.90. The number of carboxylic acids is 1. The Labute approximate surface area is 130 Å². The highest BCUT2D eigenvalue weighted by atomic mass is 16.6. The zero-order valence-electron chi connectivity index (χ0n) is 12.4. The van der Waals surface area contributed by atoms with E-state index in [9.17, 15) is 24.8 Å². The molecule has 1 unspecified atom stereocenters. The first-order valence-electron chi connectivity index (χ1n) is 7.10. The lowest BCUT2D eigenvalue weighted by molar-refractivity contribution is -0.384. The lowest BCUT2D eigenvalue weighted by Crippen LogP contribution is -2.34. The number of nitro benzene ring substituents is 1. The maximum Gasteiger partial charge on any atom is 0.311 e. The van der Waals surface area contributed by atoms with E-state index in [0.717, 1.165) is 0 Å². The van der Waals surface area contributed by atoms with Gasteiger partial charge in [0.1, 0.15) is 0 Å². The number of aliphatic carboxylic acids is 1. The Hall–Kier alpha value is -2.90. The summed E-state index contributed by atoms with van der Waals surface area (Å²) in [6, 6.07) is 4.27. The fourth-order valence-corrected chi connectivity index (χ4v) is 2.88. The number of aromatic nitrogens is 1. The summed E-state index contributed by atoms with van der Waals surface area (Å²) in [5, 5.41) is 20.6. The van der Waals surface area contributed by atoms with Gasteiger partial charge in [0.2, 0.25) is 0 Å². The predicted octanol–water partition coefficient (Wildman–Crippen LogP) is 2.01. The largest absolute Gasteiger partial charge is 0.481 e. The third kappa shape index (κ3) is 2.41. The Bertz CT molecular complexity index is 828. The molecule has 1 amide bonds. The van der Waals surface area contributed by atoms with E-state index in [2.05, 4.69) is 4.98 Å². The number of hydrogen-bond donors (Lipinski definition) is 2. The standard InChI is InChI=1S/C15H15N3O5/c1-15(14(20)21)4-5-17(8-15)13(19)11-7-16-12-3-2-9(18(22)23)6-10(11)12/h2-3,6-7,16H,4-5,8H2,1H3,(H,20,21). The topological polar surface area (TPSA) is 117 Å². The highest BCUT2D eigenvalue weighted by Crippen LogP contribution is 2.32. The summed E-state index contributed by atoms with van der Waals surface area (Å²) in [7, 11) is 0. The molecule has 0 radical (unpaired) electrons. The van der Waals surface area contributed by atoms with E-state index in [-0.39, 0.29) is 18.1 Å². The summed E-state index contributed by atoms with van der Waals surface area (Å²) in [5.74, 6) is -1.25. The van der Waals surface area contributed by atoms with Crippen molar-refractivity contribution in [3.8, 4) is 0 Å². The van der Waals surface area contributed by atoms with Crippen LogP contribution < -0.4 is 0 Å². The molecule has 2 heterocycles. The number of benzene rings is 1. The van der Waals surface area contributed by atoms with Crippen LogP contribution in [0, 0.1) is 15.5 Å². The maximum absolute atomic E-state index is 12.7. The van der Waals surface area contributed by atoms with Gasteiger partial charge < -0.3 is 15.0 Å². The number of non-ortho nitro benzene ring substituents is 1. The molecule has 23 heavy (non-hydrogen) atoms.